The summed E-state index contributed by atoms with van der Waals surface area (Å²) in [5.74, 6) is 1.60. The molecule has 1 heterocycles. The van der Waals surface area contributed by atoms with E-state index in [0.717, 1.165) is 18.3 Å². The standard InChI is InChI=1S/C12H20N4O/c1-9(10-3-4-10)16(5-6-17-2)12-11(13)7-14-8-15-12/h7-10H,3-6,13H2,1-2H3. The molecule has 2 rings (SSSR count). The number of aromatic nitrogens is 2. The van der Waals surface area contributed by atoms with E-state index in [9.17, 15) is 0 Å². The van der Waals surface area contributed by atoms with Crippen molar-refractivity contribution in [2.75, 3.05) is 30.9 Å². The molecule has 0 bridgehead atoms. The highest BCUT2D eigenvalue weighted by Crippen LogP contribution is 2.37. The highest BCUT2D eigenvalue weighted by molar-refractivity contribution is 5.61. The van der Waals surface area contributed by atoms with E-state index < -0.39 is 0 Å². The predicted octanol–water partition coefficient (Wildman–Crippen LogP) is 1.31. The van der Waals surface area contributed by atoms with Crippen molar-refractivity contribution in [3.63, 3.8) is 0 Å². The second-order valence-corrected chi connectivity index (χ2v) is 4.57. The molecule has 5 heteroatoms. The zero-order chi connectivity index (χ0) is 12.3. The maximum absolute atomic E-state index is 5.94. The number of methoxy groups -OCH3 is 1. The minimum atomic E-state index is 0.461. The largest absolute Gasteiger partial charge is 0.394 e. The van der Waals surface area contributed by atoms with Crippen LogP contribution < -0.4 is 10.6 Å². The lowest BCUT2D eigenvalue weighted by molar-refractivity contribution is 0.202. The van der Waals surface area contributed by atoms with Crippen LogP contribution in [0.15, 0.2) is 12.5 Å². The average molecular weight is 236 g/mol. The van der Waals surface area contributed by atoms with Crippen LogP contribution in [-0.2, 0) is 4.74 Å². The lowest BCUT2D eigenvalue weighted by Crippen LogP contribution is -2.38. The highest BCUT2D eigenvalue weighted by Gasteiger charge is 2.33. The van der Waals surface area contributed by atoms with E-state index in [0.29, 0.717) is 18.3 Å². The molecular formula is C12H20N4O. The van der Waals surface area contributed by atoms with Crippen LogP contribution >= 0.6 is 0 Å². The van der Waals surface area contributed by atoms with Gasteiger partial charge in [-0.1, -0.05) is 0 Å². The van der Waals surface area contributed by atoms with Crippen LogP contribution in [0.4, 0.5) is 11.5 Å². The molecule has 0 saturated heterocycles. The summed E-state index contributed by atoms with van der Waals surface area (Å²) in [5, 5.41) is 0. The molecule has 94 valence electrons. The van der Waals surface area contributed by atoms with Crippen molar-refractivity contribution in [3.8, 4) is 0 Å². The Kier molecular flexibility index (Phi) is 3.78. The van der Waals surface area contributed by atoms with Gasteiger partial charge in [-0.15, -0.1) is 0 Å². The molecule has 1 fully saturated rings. The summed E-state index contributed by atoms with van der Waals surface area (Å²) < 4.78 is 5.16. The third-order valence-corrected chi connectivity index (χ3v) is 3.32. The zero-order valence-corrected chi connectivity index (χ0v) is 10.5. The van der Waals surface area contributed by atoms with Gasteiger partial charge in [0, 0.05) is 19.7 Å². The Morgan fingerprint density at radius 3 is 2.94 bits per heavy atom. The van der Waals surface area contributed by atoms with Crippen LogP contribution in [0.5, 0.6) is 0 Å². The lowest BCUT2D eigenvalue weighted by Gasteiger charge is -2.30. The van der Waals surface area contributed by atoms with Gasteiger partial charge in [0.15, 0.2) is 5.82 Å². The van der Waals surface area contributed by atoms with Crippen LogP contribution in [-0.4, -0.2) is 36.3 Å². The molecule has 0 aliphatic heterocycles. The van der Waals surface area contributed by atoms with Gasteiger partial charge in [-0.3, -0.25) is 0 Å². The first-order valence-corrected chi connectivity index (χ1v) is 6.05. The molecular weight excluding hydrogens is 216 g/mol. The van der Waals surface area contributed by atoms with Gasteiger partial charge in [-0.2, -0.15) is 0 Å². The molecule has 1 aromatic heterocycles. The third kappa shape index (κ3) is 2.85. The van der Waals surface area contributed by atoms with Crippen molar-refractivity contribution < 1.29 is 4.74 Å². The van der Waals surface area contributed by atoms with Crippen LogP contribution in [0.2, 0.25) is 0 Å². The van der Waals surface area contributed by atoms with Crippen molar-refractivity contribution in [2.24, 2.45) is 5.92 Å². The fourth-order valence-electron chi connectivity index (χ4n) is 2.10. The number of nitrogens with zero attached hydrogens (tertiary/aromatic N) is 3. The van der Waals surface area contributed by atoms with Gasteiger partial charge in [-0.05, 0) is 25.7 Å². The van der Waals surface area contributed by atoms with E-state index in [4.69, 9.17) is 10.5 Å². The van der Waals surface area contributed by atoms with Gasteiger partial charge in [-0.25, -0.2) is 9.97 Å². The Morgan fingerprint density at radius 2 is 2.35 bits per heavy atom. The molecule has 1 saturated carbocycles. The monoisotopic (exact) mass is 236 g/mol. The smallest absolute Gasteiger partial charge is 0.155 e. The first-order chi connectivity index (χ1) is 8.24. The Hall–Kier alpha value is -1.36. The molecule has 0 amide bonds. The summed E-state index contributed by atoms with van der Waals surface area (Å²) in [6.45, 7) is 3.73. The first-order valence-electron chi connectivity index (χ1n) is 6.05. The van der Waals surface area contributed by atoms with Gasteiger partial charge in [0.2, 0.25) is 0 Å². The summed E-state index contributed by atoms with van der Waals surface area (Å²) >= 11 is 0. The van der Waals surface area contributed by atoms with Crippen molar-refractivity contribution >= 4 is 11.5 Å². The number of hydrogen-bond donors (Lipinski definition) is 1. The van der Waals surface area contributed by atoms with Crippen molar-refractivity contribution in [3.05, 3.63) is 12.5 Å². The van der Waals surface area contributed by atoms with Crippen molar-refractivity contribution in [2.45, 2.75) is 25.8 Å². The van der Waals surface area contributed by atoms with Gasteiger partial charge < -0.3 is 15.4 Å². The first kappa shape index (κ1) is 12.1. The van der Waals surface area contributed by atoms with E-state index in [-0.39, 0.29) is 0 Å². The van der Waals surface area contributed by atoms with Gasteiger partial charge in [0.1, 0.15) is 6.33 Å². The molecule has 5 nitrogen and oxygen atoms in total. The number of nitrogens with two attached hydrogens (primary N) is 1. The zero-order valence-electron chi connectivity index (χ0n) is 10.5. The molecule has 17 heavy (non-hydrogen) atoms. The fraction of sp³-hybridized carbons (Fsp3) is 0.667. The van der Waals surface area contributed by atoms with Gasteiger partial charge >= 0.3 is 0 Å². The quantitative estimate of drug-likeness (QED) is 0.806. The average Bonchev–Trinajstić information content (AvgIpc) is 3.15. The van der Waals surface area contributed by atoms with Crippen LogP contribution in [0.1, 0.15) is 19.8 Å². The molecule has 1 aromatic rings. The van der Waals surface area contributed by atoms with Gasteiger partial charge in [0.25, 0.3) is 0 Å². The molecule has 1 unspecified atom stereocenters. The second-order valence-electron chi connectivity index (χ2n) is 4.57. The molecule has 0 aromatic carbocycles. The Balaban J connectivity index is 2.16. The topological polar surface area (TPSA) is 64.3 Å². The van der Waals surface area contributed by atoms with E-state index in [2.05, 4.69) is 21.8 Å². The second kappa shape index (κ2) is 5.31. The van der Waals surface area contributed by atoms with Crippen LogP contribution in [0, 0.1) is 5.92 Å². The number of anilines is 2. The summed E-state index contributed by atoms with van der Waals surface area (Å²) in [4.78, 5) is 10.5. The number of hydrogen-bond acceptors (Lipinski definition) is 5. The van der Waals surface area contributed by atoms with Crippen LogP contribution in [0.3, 0.4) is 0 Å². The summed E-state index contributed by atoms with van der Waals surface area (Å²) in [6, 6.07) is 0.461. The number of nitrogen functional groups attached to an aromatic ring is 1. The third-order valence-electron chi connectivity index (χ3n) is 3.32. The lowest BCUT2D eigenvalue weighted by atomic mass is 10.2. The normalized spacial score (nSPS) is 16.8. The van der Waals surface area contributed by atoms with Crippen LogP contribution in [0.25, 0.3) is 0 Å². The van der Waals surface area contributed by atoms with E-state index in [1.165, 1.54) is 12.8 Å². The molecule has 1 atom stereocenters. The maximum atomic E-state index is 5.94. The predicted molar refractivity (Wildman–Crippen MR) is 67.9 cm³/mol. The van der Waals surface area contributed by atoms with Crippen molar-refractivity contribution in [1.29, 1.82) is 0 Å². The molecule has 1 aliphatic rings. The summed E-state index contributed by atoms with van der Waals surface area (Å²) in [5.41, 5.74) is 6.58. The number of rotatable bonds is 6. The maximum Gasteiger partial charge on any atom is 0.155 e. The Morgan fingerprint density at radius 1 is 1.59 bits per heavy atom. The van der Waals surface area contributed by atoms with Crippen molar-refractivity contribution in [1.82, 2.24) is 9.97 Å². The SMILES string of the molecule is COCCN(c1ncncc1N)C(C)C1CC1. The molecule has 2 N–H and O–H groups in total. The minimum absolute atomic E-state index is 0.461. The number of ether oxygens (including phenoxy) is 1. The summed E-state index contributed by atoms with van der Waals surface area (Å²) in [7, 11) is 1.71. The van der Waals surface area contributed by atoms with E-state index in [1.807, 2.05) is 0 Å². The molecule has 1 aliphatic carbocycles. The summed E-state index contributed by atoms with van der Waals surface area (Å²) in [6.07, 6.45) is 5.80. The fourth-order valence-corrected chi connectivity index (χ4v) is 2.10. The van der Waals surface area contributed by atoms with E-state index in [1.54, 1.807) is 19.6 Å². The van der Waals surface area contributed by atoms with E-state index >= 15 is 0 Å². The Bertz CT molecular complexity index is 367. The Labute approximate surface area is 102 Å². The van der Waals surface area contributed by atoms with Gasteiger partial charge in [0.05, 0.1) is 18.5 Å². The minimum Gasteiger partial charge on any atom is -0.394 e. The molecule has 0 spiro atoms. The highest BCUT2D eigenvalue weighted by atomic mass is 16.5. The molecule has 0 radical (unpaired) electrons.